The van der Waals surface area contributed by atoms with E-state index in [2.05, 4.69) is 28.3 Å². The van der Waals surface area contributed by atoms with Gasteiger partial charge in [0.2, 0.25) is 0 Å². The van der Waals surface area contributed by atoms with Gasteiger partial charge in [-0.25, -0.2) is 4.98 Å². The van der Waals surface area contributed by atoms with Crippen molar-refractivity contribution in [1.29, 1.82) is 0 Å². The summed E-state index contributed by atoms with van der Waals surface area (Å²) in [6.07, 6.45) is 4.01. The van der Waals surface area contributed by atoms with E-state index >= 15 is 0 Å². The van der Waals surface area contributed by atoms with Crippen LogP contribution in [-0.2, 0) is 6.54 Å². The van der Waals surface area contributed by atoms with Crippen molar-refractivity contribution in [2.24, 2.45) is 0 Å². The topological polar surface area (TPSA) is 55.4 Å². The molecule has 5 nitrogen and oxygen atoms in total. The molecule has 0 spiro atoms. The van der Waals surface area contributed by atoms with Crippen LogP contribution in [0.25, 0.3) is 16.7 Å². The maximum absolute atomic E-state index is 5.63. The van der Waals surface area contributed by atoms with Gasteiger partial charge in [-0.3, -0.25) is 0 Å². The number of pyridine rings is 1. The quantitative estimate of drug-likeness (QED) is 0.624. The molecule has 4 aromatic rings. The molecule has 3 heterocycles. The van der Waals surface area contributed by atoms with Gasteiger partial charge in [0, 0.05) is 12.4 Å². The largest absolute Gasteiger partial charge is 0.424 e. The first-order valence-corrected chi connectivity index (χ1v) is 6.82. The summed E-state index contributed by atoms with van der Waals surface area (Å²) in [6.45, 7) is 2.63. The summed E-state index contributed by atoms with van der Waals surface area (Å²) in [7, 11) is 0. The van der Waals surface area contributed by atoms with Crippen molar-refractivity contribution < 1.29 is 4.42 Å². The molecule has 0 fully saturated rings. The summed E-state index contributed by atoms with van der Waals surface area (Å²) < 4.78 is 7.66. The second kappa shape index (κ2) is 4.63. The van der Waals surface area contributed by atoms with Gasteiger partial charge in [0.1, 0.15) is 11.2 Å². The minimum atomic E-state index is 0.518. The van der Waals surface area contributed by atoms with Crippen LogP contribution < -0.4 is 5.32 Å². The van der Waals surface area contributed by atoms with Gasteiger partial charge in [0.05, 0.1) is 12.2 Å². The Morgan fingerprint density at radius 3 is 2.90 bits per heavy atom. The molecule has 4 rings (SSSR count). The Kier molecular flexibility index (Phi) is 2.64. The summed E-state index contributed by atoms with van der Waals surface area (Å²) >= 11 is 0. The number of benzene rings is 1. The average molecular weight is 278 g/mol. The van der Waals surface area contributed by atoms with Crippen molar-refractivity contribution in [3.63, 3.8) is 0 Å². The molecule has 0 bridgehead atoms. The Morgan fingerprint density at radius 2 is 2.05 bits per heavy atom. The molecule has 0 atom stereocenters. The van der Waals surface area contributed by atoms with Crippen molar-refractivity contribution in [2.45, 2.75) is 13.5 Å². The van der Waals surface area contributed by atoms with Gasteiger partial charge >= 0.3 is 0 Å². The summed E-state index contributed by atoms with van der Waals surface area (Å²) in [5.41, 5.74) is 4.72. The van der Waals surface area contributed by atoms with E-state index in [-0.39, 0.29) is 0 Å². The number of hydrogen-bond acceptors (Lipinski definition) is 4. The molecule has 1 N–H and O–H groups in total. The number of oxazole rings is 1. The third-order valence-corrected chi connectivity index (χ3v) is 3.44. The number of anilines is 1. The second-order valence-electron chi connectivity index (χ2n) is 4.99. The van der Waals surface area contributed by atoms with E-state index < -0.39 is 0 Å². The van der Waals surface area contributed by atoms with Gasteiger partial charge in [0.15, 0.2) is 5.58 Å². The molecular formula is C16H14N4O. The Bertz CT molecular complexity index is 889. The standard InChI is InChI=1S/C16H14N4O/c1-11-5-4-8-20-10-12(18-15(11)20)9-17-16-19-13-6-2-3-7-14(13)21-16/h2-8,10H,9H2,1H3,(H,17,19). The lowest BCUT2D eigenvalue weighted by Gasteiger charge is -1.96. The van der Waals surface area contributed by atoms with Gasteiger partial charge in [-0.15, -0.1) is 0 Å². The number of imidazole rings is 1. The van der Waals surface area contributed by atoms with Crippen LogP contribution in [0.4, 0.5) is 6.01 Å². The predicted molar refractivity (Wildman–Crippen MR) is 81.3 cm³/mol. The summed E-state index contributed by atoms with van der Waals surface area (Å²) in [6, 6.07) is 12.3. The number of rotatable bonds is 3. The maximum atomic E-state index is 5.63. The molecule has 0 saturated carbocycles. The van der Waals surface area contributed by atoms with Crippen LogP contribution in [0.3, 0.4) is 0 Å². The van der Waals surface area contributed by atoms with Crippen LogP contribution in [0.1, 0.15) is 11.3 Å². The van der Waals surface area contributed by atoms with Gasteiger partial charge in [-0.05, 0) is 30.7 Å². The molecule has 0 aliphatic rings. The fourth-order valence-corrected chi connectivity index (χ4v) is 2.40. The lowest BCUT2D eigenvalue weighted by atomic mass is 10.3. The fraction of sp³-hybridized carbons (Fsp3) is 0.125. The highest BCUT2D eigenvalue weighted by Gasteiger charge is 2.07. The minimum absolute atomic E-state index is 0.518. The first-order valence-electron chi connectivity index (χ1n) is 6.82. The van der Waals surface area contributed by atoms with E-state index in [1.54, 1.807) is 0 Å². The Morgan fingerprint density at radius 1 is 1.14 bits per heavy atom. The molecule has 3 aromatic heterocycles. The zero-order chi connectivity index (χ0) is 14.2. The van der Waals surface area contributed by atoms with E-state index in [0.717, 1.165) is 28.0 Å². The molecule has 0 aliphatic heterocycles. The number of hydrogen-bond donors (Lipinski definition) is 1. The summed E-state index contributed by atoms with van der Waals surface area (Å²) in [5.74, 6) is 0. The van der Waals surface area contributed by atoms with Crippen LogP contribution in [-0.4, -0.2) is 14.4 Å². The number of para-hydroxylation sites is 2. The normalized spacial score (nSPS) is 11.3. The zero-order valence-corrected chi connectivity index (χ0v) is 11.6. The molecule has 0 amide bonds. The molecule has 0 radical (unpaired) electrons. The Balaban J connectivity index is 1.58. The van der Waals surface area contributed by atoms with Crippen LogP contribution >= 0.6 is 0 Å². The van der Waals surface area contributed by atoms with Crippen LogP contribution in [0.15, 0.2) is 53.2 Å². The molecule has 0 saturated heterocycles. The highest BCUT2D eigenvalue weighted by Crippen LogP contribution is 2.18. The number of nitrogens with zero attached hydrogens (tertiary/aromatic N) is 3. The highest BCUT2D eigenvalue weighted by molar-refractivity contribution is 5.74. The predicted octanol–water partition coefficient (Wildman–Crippen LogP) is 3.40. The lowest BCUT2D eigenvalue weighted by Crippen LogP contribution is -1.99. The summed E-state index contributed by atoms with van der Waals surface area (Å²) in [4.78, 5) is 9.00. The van der Waals surface area contributed by atoms with Crippen molar-refractivity contribution in [1.82, 2.24) is 14.4 Å². The smallest absolute Gasteiger partial charge is 0.296 e. The molecule has 1 aromatic carbocycles. The van der Waals surface area contributed by atoms with Crippen molar-refractivity contribution in [3.8, 4) is 0 Å². The van der Waals surface area contributed by atoms with Crippen LogP contribution in [0.2, 0.25) is 0 Å². The average Bonchev–Trinajstić information content (AvgIpc) is 3.09. The zero-order valence-electron chi connectivity index (χ0n) is 11.6. The molecule has 0 aliphatic carbocycles. The van der Waals surface area contributed by atoms with Crippen LogP contribution in [0.5, 0.6) is 0 Å². The van der Waals surface area contributed by atoms with E-state index in [1.807, 2.05) is 47.1 Å². The molecule has 21 heavy (non-hydrogen) atoms. The van der Waals surface area contributed by atoms with E-state index in [4.69, 9.17) is 4.42 Å². The van der Waals surface area contributed by atoms with Crippen LogP contribution in [0, 0.1) is 6.92 Å². The molecular weight excluding hydrogens is 264 g/mol. The van der Waals surface area contributed by atoms with E-state index in [9.17, 15) is 0 Å². The van der Waals surface area contributed by atoms with E-state index in [0.29, 0.717) is 12.6 Å². The molecule has 5 heteroatoms. The minimum Gasteiger partial charge on any atom is -0.424 e. The van der Waals surface area contributed by atoms with E-state index in [1.165, 1.54) is 0 Å². The fourth-order valence-electron chi connectivity index (χ4n) is 2.40. The maximum Gasteiger partial charge on any atom is 0.296 e. The molecule has 0 unspecified atom stereocenters. The number of nitrogens with one attached hydrogen (secondary N) is 1. The van der Waals surface area contributed by atoms with Gasteiger partial charge in [0.25, 0.3) is 6.01 Å². The Hall–Kier alpha value is -2.82. The first kappa shape index (κ1) is 12.0. The second-order valence-corrected chi connectivity index (χ2v) is 4.99. The number of fused-ring (bicyclic) bond motifs is 2. The molecule has 104 valence electrons. The first-order chi connectivity index (χ1) is 10.3. The highest BCUT2D eigenvalue weighted by atomic mass is 16.4. The third kappa shape index (κ3) is 2.12. The Labute approximate surface area is 121 Å². The van der Waals surface area contributed by atoms with Crippen molar-refractivity contribution >= 4 is 22.8 Å². The monoisotopic (exact) mass is 278 g/mol. The van der Waals surface area contributed by atoms with Gasteiger partial charge < -0.3 is 14.1 Å². The number of aryl methyl sites for hydroxylation is 1. The number of aromatic nitrogens is 3. The van der Waals surface area contributed by atoms with Gasteiger partial charge in [-0.1, -0.05) is 18.2 Å². The van der Waals surface area contributed by atoms with Gasteiger partial charge in [-0.2, -0.15) is 4.98 Å². The SMILES string of the molecule is Cc1cccn2cc(CNc3nc4ccccc4o3)nc12. The lowest BCUT2D eigenvalue weighted by molar-refractivity contribution is 0.614. The third-order valence-electron chi connectivity index (χ3n) is 3.44. The summed E-state index contributed by atoms with van der Waals surface area (Å²) in [5, 5.41) is 3.18. The van der Waals surface area contributed by atoms with Crippen molar-refractivity contribution in [2.75, 3.05) is 5.32 Å². The van der Waals surface area contributed by atoms with Crippen molar-refractivity contribution in [3.05, 3.63) is 60.0 Å².